The SMILES string of the molecule is COC(=O)[C@H](CCCCN)NC(=O)[C@@H](N)CCCN=C(N)N. The average Bonchev–Trinajstić information content (AvgIpc) is 2.49. The van der Waals surface area contributed by atoms with E-state index in [9.17, 15) is 9.59 Å². The lowest BCUT2D eigenvalue weighted by atomic mass is 10.1. The quantitative estimate of drug-likeness (QED) is 0.129. The molecular weight excluding hydrogens is 288 g/mol. The molecule has 2 atom stereocenters. The zero-order valence-electron chi connectivity index (χ0n) is 13.1. The molecule has 0 aliphatic carbocycles. The van der Waals surface area contributed by atoms with Gasteiger partial charge in [-0.3, -0.25) is 9.79 Å². The maximum atomic E-state index is 12.0. The third kappa shape index (κ3) is 9.14. The van der Waals surface area contributed by atoms with Gasteiger partial charge in [0.25, 0.3) is 0 Å². The molecular formula is C13H28N6O3. The van der Waals surface area contributed by atoms with Gasteiger partial charge in [0.15, 0.2) is 5.96 Å². The van der Waals surface area contributed by atoms with E-state index in [1.165, 1.54) is 7.11 Å². The topological polar surface area (TPSA) is 172 Å². The predicted molar refractivity (Wildman–Crippen MR) is 84.7 cm³/mol. The van der Waals surface area contributed by atoms with Gasteiger partial charge < -0.3 is 33.0 Å². The predicted octanol–water partition coefficient (Wildman–Crippen LogP) is -1.85. The summed E-state index contributed by atoms with van der Waals surface area (Å²) in [4.78, 5) is 27.4. The summed E-state index contributed by atoms with van der Waals surface area (Å²) in [6.07, 6.45) is 2.95. The lowest BCUT2D eigenvalue weighted by molar-refractivity contribution is -0.145. The van der Waals surface area contributed by atoms with Gasteiger partial charge in [-0.25, -0.2) is 4.79 Å². The Labute approximate surface area is 130 Å². The lowest BCUT2D eigenvalue weighted by Gasteiger charge is -2.19. The summed E-state index contributed by atoms with van der Waals surface area (Å²) in [5.74, 6) is -0.880. The van der Waals surface area contributed by atoms with Crippen LogP contribution in [0.2, 0.25) is 0 Å². The van der Waals surface area contributed by atoms with Crippen LogP contribution in [-0.2, 0) is 14.3 Å². The number of amides is 1. The summed E-state index contributed by atoms with van der Waals surface area (Å²) in [7, 11) is 1.28. The van der Waals surface area contributed by atoms with Crippen molar-refractivity contribution in [2.75, 3.05) is 20.2 Å². The zero-order chi connectivity index (χ0) is 17.0. The fourth-order valence-electron chi connectivity index (χ4n) is 1.81. The average molecular weight is 316 g/mol. The van der Waals surface area contributed by atoms with Gasteiger partial charge in [-0.05, 0) is 38.6 Å². The van der Waals surface area contributed by atoms with Crippen LogP contribution in [-0.4, -0.2) is 50.1 Å². The van der Waals surface area contributed by atoms with Crippen LogP contribution in [0.25, 0.3) is 0 Å². The first-order chi connectivity index (χ1) is 10.4. The standard InChI is InChI=1S/C13H28N6O3/c1-22-12(21)10(6-2-3-7-14)19-11(20)9(15)5-4-8-18-13(16)17/h9-10H,2-8,14-15H2,1H3,(H,19,20)(H4,16,17,18)/t9-,10-/m0/s1. The van der Waals surface area contributed by atoms with Gasteiger partial charge in [-0.15, -0.1) is 0 Å². The number of nitrogens with one attached hydrogen (secondary N) is 1. The number of hydrogen-bond donors (Lipinski definition) is 5. The van der Waals surface area contributed by atoms with Crippen molar-refractivity contribution in [3.63, 3.8) is 0 Å². The van der Waals surface area contributed by atoms with Crippen LogP contribution in [0.4, 0.5) is 0 Å². The molecule has 0 spiro atoms. The van der Waals surface area contributed by atoms with Crippen molar-refractivity contribution in [2.45, 2.75) is 44.2 Å². The van der Waals surface area contributed by atoms with E-state index >= 15 is 0 Å². The summed E-state index contributed by atoms with van der Waals surface area (Å²) >= 11 is 0. The van der Waals surface area contributed by atoms with E-state index < -0.39 is 24.0 Å². The zero-order valence-corrected chi connectivity index (χ0v) is 13.1. The number of guanidine groups is 1. The molecule has 0 saturated heterocycles. The summed E-state index contributed by atoms with van der Waals surface area (Å²) in [6, 6.07) is -1.43. The monoisotopic (exact) mass is 316 g/mol. The van der Waals surface area contributed by atoms with Gasteiger partial charge in [0, 0.05) is 6.54 Å². The van der Waals surface area contributed by atoms with Crippen molar-refractivity contribution in [1.82, 2.24) is 5.32 Å². The number of esters is 1. The Balaban J connectivity index is 4.28. The Kier molecular flexibility index (Phi) is 10.8. The molecule has 0 aliphatic rings. The largest absolute Gasteiger partial charge is 0.467 e. The molecule has 0 aliphatic heterocycles. The number of hydrogen-bond acceptors (Lipinski definition) is 6. The number of rotatable bonds is 11. The molecule has 0 rings (SSSR count). The molecule has 9 heteroatoms. The number of aliphatic imine (C=N–C) groups is 1. The molecule has 22 heavy (non-hydrogen) atoms. The molecule has 0 radical (unpaired) electrons. The van der Waals surface area contributed by atoms with E-state index in [4.69, 9.17) is 22.9 Å². The molecule has 0 unspecified atom stereocenters. The minimum atomic E-state index is -0.726. The highest BCUT2D eigenvalue weighted by Gasteiger charge is 2.23. The highest BCUT2D eigenvalue weighted by molar-refractivity contribution is 5.87. The Bertz CT molecular complexity index is 371. The van der Waals surface area contributed by atoms with E-state index in [-0.39, 0.29) is 5.96 Å². The smallest absolute Gasteiger partial charge is 0.328 e. The summed E-state index contributed by atoms with van der Waals surface area (Å²) in [6.45, 7) is 0.937. The summed E-state index contributed by atoms with van der Waals surface area (Å²) in [5.41, 5.74) is 21.6. The highest BCUT2D eigenvalue weighted by Crippen LogP contribution is 2.04. The molecule has 0 bridgehead atoms. The van der Waals surface area contributed by atoms with Crippen LogP contribution in [0.1, 0.15) is 32.1 Å². The van der Waals surface area contributed by atoms with E-state index in [1.807, 2.05) is 0 Å². The van der Waals surface area contributed by atoms with Crippen LogP contribution >= 0.6 is 0 Å². The fraction of sp³-hybridized carbons (Fsp3) is 0.769. The summed E-state index contributed by atoms with van der Waals surface area (Å²) in [5, 5.41) is 2.61. The first-order valence-corrected chi connectivity index (χ1v) is 7.31. The Hall–Kier alpha value is -1.87. The number of carbonyl (C=O) groups is 2. The van der Waals surface area contributed by atoms with Crippen molar-refractivity contribution in [3.05, 3.63) is 0 Å². The lowest BCUT2D eigenvalue weighted by Crippen LogP contribution is -2.48. The van der Waals surface area contributed by atoms with Crippen molar-refractivity contribution in [1.29, 1.82) is 0 Å². The maximum Gasteiger partial charge on any atom is 0.328 e. The third-order valence-electron chi connectivity index (χ3n) is 3.05. The fourth-order valence-corrected chi connectivity index (χ4v) is 1.81. The molecule has 0 heterocycles. The van der Waals surface area contributed by atoms with Gasteiger partial charge in [-0.1, -0.05) is 0 Å². The minimum absolute atomic E-state index is 0.00341. The second-order valence-electron chi connectivity index (χ2n) is 4.92. The maximum absolute atomic E-state index is 12.0. The second kappa shape index (κ2) is 11.8. The molecule has 0 saturated carbocycles. The van der Waals surface area contributed by atoms with E-state index in [1.54, 1.807) is 0 Å². The molecule has 9 nitrogen and oxygen atoms in total. The molecule has 0 aromatic rings. The van der Waals surface area contributed by atoms with Crippen molar-refractivity contribution in [3.8, 4) is 0 Å². The number of nitrogens with two attached hydrogens (primary N) is 4. The van der Waals surface area contributed by atoms with E-state index in [2.05, 4.69) is 15.0 Å². The number of nitrogens with zero attached hydrogens (tertiary/aromatic N) is 1. The normalized spacial score (nSPS) is 13.0. The van der Waals surface area contributed by atoms with Crippen LogP contribution in [0, 0.1) is 0 Å². The number of methoxy groups -OCH3 is 1. The van der Waals surface area contributed by atoms with Gasteiger partial charge in [0.2, 0.25) is 5.91 Å². The van der Waals surface area contributed by atoms with Crippen molar-refractivity contribution >= 4 is 17.8 Å². The second-order valence-corrected chi connectivity index (χ2v) is 4.92. The Morgan fingerprint density at radius 3 is 2.41 bits per heavy atom. The van der Waals surface area contributed by atoms with Crippen molar-refractivity contribution in [2.24, 2.45) is 27.9 Å². The van der Waals surface area contributed by atoms with Crippen LogP contribution in [0.15, 0.2) is 4.99 Å². The molecule has 0 aromatic heterocycles. The molecule has 9 N–H and O–H groups in total. The third-order valence-corrected chi connectivity index (χ3v) is 3.05. The van der Waals surface area contributed by atoms with Gasteiger partial charge >= 0.3 is 5.97 Å². The summed E-state index contributed by atoms with van der Waals surface area (Å²) < 4.78 is 4.68. The highest BCUT2D eigenvalue weighted by atomic mass is 16.5. The van der Waals surface area contributed by atoms with E-state index in [0.29, 0.717) is 32.4 Å². The number of carbonyl (C=O) groups excluding carboxylic acids is 2. The first-order valence-electron chi connectivity index (χ1n) is 7.31. The molecule has 0 fully saturated rings. The van der Waals surface area contributed by atoms with Gasteiger partial charge in [-0.2, -0.15) is 0 Å². The molecule has 0 aromatic carbocycles. The van der Waals surface area contributed by atoms with Gasteiger partial charge in [0.1, 0.15) is 6.04 Å². The Morgan fingerprint density at radius 1 is 1.18 bits per heavy atom. The molecule has 128 valence electrons. The Morgan fingerprint density at radius 2 is 1.86 bits per heavy atom. The minimum Gasteiger partial charge on any atom is -0.467 e. The van der Waals surface area contributed by atoms with E-state index in [0.717, 1.165) is 12.8 Å². The number of unbranched alkanes of at least 4 members (excludes halogenated alkanes) is 1. The van der Waals surface area contributed by atoms with Crippen LogP contribution in [0.5, 0.6) is 0 Å². The van der Waals surface area contributed by atoms with Crippen molar-refractivity contribution < 1.29 is 14.3 Å². The number of ether oxygens (including phenoxy) is 1. The van der Waals surface area contributed by atoms with Crippen LogP contribution < -0.4 is 28.3 Å². The molecule has 1 amide bonds. The van der Waals surface area contributed by atoms with Gasteiger partial charge in [0.05, 0.1) is 13.2 Å². The van der Waals surface area contributed by atoms with Crippen LogP contribution in [0.3, 0.4) is 0 Å². The first kappa shape index (κ1) is 20.1.